The average molecular weight is 502 g/mol. The molecule has 0 fully saturated rings. The van der Waals surface area contributed by atoms with Gasteiger partial charge in [-0.1, -0.05) is 91.0 Å². The highest BCUT2D eigenvalue weighted by Gasteiger charge is 2.28. The molecule has 2 bridgehead atoms. The summed E-state index contributed by atoms with van der Waals surface area (Å²) < 4.78 is 4.55. The van der Waals surface area contributed by atoms with Crippen molar-refractivity contribution in [2.45, 2.75) is 19.3 Å². The van der Waals surface area contributed by atoms with Crippen LogP contribution in [-0.4, -0.2) is 21.9 Å². The van der Waals surface area contributed by atoms with E-state index < -0.39 is 0 Å². The van der Waals surface area contributed by atoms with Crippen molar-refractivity contribution in [1.29, 1.82) is 0 Å². The van der Waals surface area contributed by atoms with Crippen LogP contribution in [0.25, 0.3) is 27.8 Å². The van der Waals surface area contributed by atoms with Crippen LogP contribution in [0.2, 0.25) is 0 Å². The summed E-state index contributed by atoms with van der Waals surface area (Å²) in [6, 6.07) is 13.0. The van der Waals surface area contributed by atoms with E-state index in [1.54, 1.807) is 0 Å². The molecule has 2 aromatic carbocycles. The third-order valence-electron chi connectivity index (χ3n) is 7.69. The van der Waals surface area contributed by atoms with Crippen molar-refractivity contribution >= 4 is 45.1 Å². The molecule has 0 saturated carbocycles. The molecule has 37 heavy (non-hydrogen) atoms. The maximum absolute atomic E-state index is 6.92. The zero-order valence-corrected chi connectivity index (χ0v) is 22.1. The molecule has 0 saturated heterocycles. The molecule has 1 aromatic heterocycles. The van der Waals surface area contributed by atoms with E-state index in [0.29, 0.717) is 0 Å². The van der Waals surface area contributed by atoms with Crippen molar-refractivity contribution in [3.63, 3.8) is 0 Å². The van der Waals surface area contributed by atoms with E-state index in [9.17, 15) is 0 Å². The van der Waals surface area contributed by atoms with Gasteiger partial charge in [-0.05, 0) is 47.1 Å². The first-order chi connectivity index (χ1) is 18.0. The summed E-state index contributed by atoms with van der Waals surface area (Å²) in [4.78, 5) is 0. The lowest BCUT2D eigenvalue weighted by Gasteiger charge is -1.98. The second kappa shape index (κ2) is 9.53. The number of hydrogen-bond donors (Lipinski definition) is 0. The molecule has 0 radical (unpaired) electrons. The number of rotatable bonds is 3. The topological polar surface area (TPSA) is 7.94 Å². The lowest BCUT2D eigenvalue weighted by atomic mass is 10.1. The highest BCUT2D eigenvalue weighted by atomic mass is 35.5. The predicted octanol–water partition coefficient (Wildman–Crippen LogP) is 7.58. The number of allylic oxidation sites excluding steroid dienone is 14. The summed E-state index contributed by atoms with van der Waals surface area (Å²) in [7, 11) is 4.28. The molecule has 0 atom stereocenters. The Morgan fingerprint density at radius 2 is 1.76 bits per heavy atom. The molecule has 2 heterocycles. The summed E-state index contributed by atoms with van der Waals surface area (Å²) in [6.07, 6.45) is 24.3. The van der Waals surface area contributed by atoms with E-state index in [1.807, 2.05) is 12.2 Å². The van der Waals surface area contributed by atoms with Crippen LogP contribution in [0.5, 0.6) is 0 Å². The Bertz CT molecular complexity index is 1770. The molecule has 0 spiro atoms. The standard InChI is InChI=1S/C34H30ClN2/c1-23-8-4-12-27-22-28(13-5-9-23)36(2)30(27)20-18-25-16-17-26(34(25)35)19-21-31-29-14-6-10-24-11-7-15-32(33(24)29)37(31)3/h4-15,18-21H,1,16-17,22H2,2-3H3/q+1/b8-4-,9-5-,27-12+,28-13+. The Kier molecular flexibility index (Phi) is 6.06. The monoisotopic (exact) mass is 501 g/mol. The van der Waals surface area contributed by atoms with E-state index in [0.717, 1.165) is 29.9 Å². The fourth-order valence-electron chi connectivity index (χ4n) is 5.63. The van der Waals surface area contributed by atoms with E-state index in [2.05, 4.69) is 115 Å². The van der Waals surface area contributed by atoms with Gasteiger partial charge in [-0.25, -0.2) is 0 Å². The Morgan fingerprint density at radius 3 is 2.59 bits per heavy atom. The van der Waals surface area contributed by atoms with Crippen LogP contribution >= 0.6 is 11.6 Å². The molecule has 3 aliphatic rings. The van der Waals surface area contributed by atoms with E-state index in [1.165, 1.54) is 55.2 Å². The SMILES string of the molecule is C=C1/C=C\C=C2/C/C(=C\C=C/1)[N+](C)=C2/C=C/C1=C(Cl)C(=C/C=c2\c3cccc4cccc(c43)n2C)/CC1. The second-order valence-corrected chi connectivity index (χ2v) is 10.3. The highest BCUT2D eigenvalue weighted by Crippen LogP contribution is 2.35. The summed E-state index contributed by atoms with van der Waals surface area (Å²) in [5.41, 5.74) is 8.45. The Labute approximate surface area is 223 Å². The number of halogens is 1. The Hall–Kier alpha value is -3.88. The van der Waals surface area contributed by atoms with Gasteiger partial charge in [0.25, 0.3) is 0 Å². The van der Waals surface area contributed by atoms with Gasteiger partial charge in [0.2, 0.25) is 5.71 Å². The number of benzene rings is 2. The van der Waals surface area contributed by atoms with Crippen LogP contribution in [0, 0.1) is 0 Å². The first-order valence-corrected chi connectivity index (χ1v) is 13.2. The molecule has 3 aromatic rings. The minimum atomic E-state index is 0.879. The third-order valence-corrected chi connectivity index (χ3v) is 8.18. The normalized spacial score (nSPS) is 24.6. The molecule has 2 nitrogen and oxygen atoms in total. The lowest BCUT2D eigenvalue weighted by molar-refractivity contribution is -0.437. The first kappa shape index (κ1) is 23.5. The molecule has 2 aliphatic carbocycles. The minimum Gasteiger partial charge on any atom is -0.344 e. The first-order valence-electron chi connectivity index (χ1n) is 12.8. The van der Waals surface area contributed by atoms with Gasteiger partial charge in [-0.3, -0.25) is 0 Å². The van der Waals surface area contributed by atoms with E-state index in [-0.39, 0.29) is 0 Å². The molecule has 6 rings (SSSR count). The van der Waals surface area contributed by atoms with Gasteiger partial charge >= 0.3 is 0 Å². The summed E-state index contributed by atoms with van der Waals surface area (Å²) in [5.74, 6) is 0. The maximum atomic E-state index is 6.92. The molecular weight excluding hydrogens is 472 g/mol. The number of fused-ring (bicyclic) bond motifs is 2. The van der Waals surface area contributed by atoms with Gasteiger partial charge in [-0.2, -0.15) is 4.58 Å². The van der Waals surface area contributed by atoms with E-state index >= 15 is 0 Å². The number of aromatic nitrogens is 1. The molecule has 3 heteroatoms. The fraction of sp³-hybridized carbons (Fsp3) is 0.147. The number of aryl methyl sites for hydroxylation is 1. The quantitative estimate of drug-likeness (QED) is 0.327. The van der Waals surface area contributed by atoms with Gasteiger partial charge in [0.15, 0.2) is 5.70 Å². The molecule has 0 unspecified atom stereocenters. The van der Waals surface area contributed by atoms with Crippen LogP contribution in [0.4, 0.5) is 0 Å². The van der Waals surface area contributed by atoms with Gasteiger partial charge in [0.1, 0.15) is 7.05 Å². The molecule has 0 N–H and O–H groups in total. The van der Waals surface area contributed by atoms with Crippen molar-refractivity contribution in [3.8, 4) is 0 Å². The van der Waals surface area contributed by atoms with Crippen molar-refractivity contribution in [1.82, 2.24) is 4.57 Å². The summed E-state index contributed by atoms with van der Waals surface area (Å²) in [6.45, 7) is 4.07. The van der Waals surface area contributed by atoms with Crippen LogP contribution in [0.1, 0.15) is 19.3 Å². The van der Waals surface area contributed by atoms with Crippen molar-refractivity contribution < 1.29 is 4.58 Å². The van der Waals surface area contributed by atoms with Gasteiger partial charge < -0.3 is 4.57 Å². The van der Waals surface area contributed by atoms with Crippen molar-refractivity contribution in [3.05, 3.63) is 136 Å². The average Bonchev–Trinajstić information content (AvgIpc) is 3.49. The zero-order valence-electron chi connectivity index (χ0n) is 21.3. The van der Waals surface area contributed by atoms with Gasteiger partial charge in [0.05, 0.1) is 6.42 Å². The second-order valence-electron chi connectivity index (χ2n) is 9.92. The summed E-state index contributed by atoms with van der Waals surface area (Å²) >= 11 is 6.92. The maximum Gasteiger partial charge on any atom is 0.208 e. The van der Waals surface area contributed by atoms with Crippen molar-refractivity contribution in [2.75, 3.05) is 7.05 Å². The largest absolute Gasteiger partial charge is 0.344 e. The van der Waals surface area contributed by atoms with Crippen LogP contribution in [0.15, 0.2) is 131 Å². The third kappa shape index (κ3) is 4.22. The molecular formula is C34H30ClN2+. The van der Waals surface area contributed by atoms with Crippen LogP contribution in [-0.2, 0) is 7.05 Å². The van der Waals surface area contributed by atoms with Crippen LogP contribution < -0.4 is 5.35 Å². The van der Waals surface area contributed by atoms with Gasteiger partial charge in [-0.15, -0.1) is 0 Å². The zero-order chi connectivity index (χ0) is 25.5. The Balaban J connectivity index is 1.34. The fourth-order valence-corrected chi connectivity index (χ4v) is 5.94. The minimum absolute atomic E-state index is 0.879. The van der Waals surface area contributed by atoms with E-state index in [4.69, 9.17) is 11.6 Å². The predicted molar refractivity (Wildman–Crippen MR) is 159 cm³/mol. The number of hydrogen-bond acceptors (Lipinski definition) is 0. The number of nitrogens with zero attached hydrogens (tertiary/aromatic N) is 2. The van der Waals surface area contributed by atoms with Gasteiger partial charge in [0, 0.05) is 51.4 Å². The van der Waals surface area contributed by atoms with Crippen LogP contribution in [0.3, 0.4) is 0 Å². The Morgan fingerprint density at radius 1 is 0.973 bits per heavy atom. The molecule has 0 amide bonds. The lowest BCUT2D eigenvalue weighted by Crippen LogP contribution is -2.11. The highest BCUT2D eigenvalue weighted by molar-refractivity contribution is 6.33. The smallest absolute Gasteiger partial charge is 0.208 e. The molecule has 1 aliphatic heterocycles. The summed E-state index contributed by atoms with van der Waals surface area (Å²) in [5, 5.41) is 5.99. The molecule has 182 valence electrons. The van der Waals surface area contributed by atoms with Crippen molar-refractivity contribution in [2.24, 2.45) is 7.05 Å².